The van der Waals surface area contributed by atoms with E-state index in [1.54, 1.807) is 24.3 Å². The first kappa shape index (κ1) is 6.81. The van der Waals surface area contributed by atoms with Crippen molar-refractivity contribution in [3.05, 3.63) is 35.4 Å². The molecule has 0 spiro atoms. The van der Waals surface area contributed by atoms with E-state index in [9.17, 15) is 4.79 Å². The molecular weight excluding hydrogens is 127 g/mol. The summed E-state index contributed by atoms with van der Waals surface area (Å²) in [5, 5.41) is 8.48. The maximum Gasteiger partial charge on any atom is 0.335 e. The van der Waals surface area contributed by atoms with Crippen LogP contribution in [0.1, 0.15) is 15.9 Å². The Balaban J connectivity index is 3.00. The van der Waals surface area contributed by atoms with Crippen LogP contribution in [0.4, 0.5) is 0 Å². The second kappa shape index (κ2) is 2.52. The van der Waals surface area contributed by atoms with Crippen molar-refractivity contribution in [3.8, 4) is 0 Å². The van der Waals surface area contributed by atoms with Crippen molar-refractivity contribution in [2.45, 2.75) is 6.92 Å². The van der Waals surface area contributed by atoms with Crippen LogP contribution in [0, 0.1) is 6.92 Å². The Morgan fingerprint density at radius 1 is 1.30 bits per heavy atom. The number of carboxylic acid groups (broad SMARTS) is 1. The van der Waals surface area contributed by atoms with E-state index in [2.05, 4.69) is 0 Å². The van der Waals surface area contributed by atoms with Crippen LogP contribution in [0.2, 0.25) is 0 Å². The Kier molecular flexibility index (Phi) is 1.71. The largest absolute Gasteiger partial charge is 0.478 e. The fourth-order valence-corrected chi connectivity index (χ4v) is 0.696. The van der Waals surface area contributed by atoms with Crippen molar-refractivity contribution in [2.24, 2.45) is 0 Å². The molecule has 0 aliphatic carbocycles. The van der Waals surface area contributed by atoms with Crippen LogP contribution in [-0.2, 0) is 0 Å². The van der Waals surface area contributed by atoms with Crippen molar-refractivity contribution in [3.63, 3.8) is 0 Å². The number of benzene rings is 1. The van der Waals surface area contributed by atoms with Gasteiger partial charge < -0.3 is 5.11 Å². The number of hydrogen-bond donors (Lipinski definition) is 1. The molecule has 0 bridgehead atoms. The second-order valence-corrected chi connectivity index (χ2v) is 2.17. The van der Waals surface area contributed by atoms with Crippen LogP contribution in [0.5, 0.6) is 0 Å². The molecule has 2 nitrogen and oxygen atoms in total. The summed E-state index contributed by atoms with van der Waals surface area (Å²) < 4.78 is 0. The molecule has 0 saturated carbocycles. The molecule has 0 saturated heterocycles. The van der Waals surface area contributed by atoms with E-state index in [1.165, 1.54) is 0 Å². The minimum absolute atomic E-state index is 0.339. The van der Waals surface area contributed by atoms with Crippen LogP contribution < -0.4 is 0 Å². The molecule has 0 fully saturated rings. The van der Waals surface area contributed by atoms with Gasteiger partial charge in [0, 0.05) is 0 Å². The maximum atomic E-state index is 10.3. The molecule has 0 aliphatic rings. The zero-order chi connectivity index (χ0) is 7.56. The predicted molar refractivity (Wildman–Crippen MR) is 38.1 cm³/mol. The van der Waals surface area contributed by atoms with Crippen LogP contribution >= 0.6 is 0 Å². The van der Waals surface area contributed by atoms with E-state index in [4.69, 9.17) is 5.11 Å². The maximum absolute atomic E-state index is 10.3. The monoisotopic (exact) mass is 135 g/mol. The van der Waals surface area contributed by atoms with E-state index in [-0.39, 0.29) is 0 Å². The highest BCUT2D eigenvalue weighted by Gasteiger charge is 1.98. The van der Waals surface area contributed by atoms with Gasteiger partial charge in [0.1, 0.15) is 0 Å². The Morgan fingerprint density at radius 2 is 1.80 bits per heavy atom. The van der Waals surface area contributed by atoms with Crippen LogP contribution in [-0.4, -0.2) is 11.1 Å². The van der Waals surface area contributed by atoms with Gasteiger partial charge in [-0.3, -0.25) is 0 Å². The molecule has 0 aromatic heterocycles. The van der Waals surface area contributed by atoms with E-state index >= 15 is 0 Å². The number of aryl methyl sites for hydroxylation is 1. The van der Waals surface area contributed by atoms with E-state index in [0.29, 0.717) is 5.56 Å². The third-order valence-electron chi connectivity index (χ3n) is 1.30. The number of carbonyl (C=O) groups is 1. The van der Waals surface area contributed by atoms with Gasteiger partial charge in [-0.25, -0.2) is 4.79 Å². The lowest BCUT2D eigenvalue weighted by atomic mass is 9.94. The SMILES string of the molecule is Cc1ccc([11C](=O)O)cc1. The molecule has 1 N–H and O–H groups in total. The Bertz CT molecular complexity index is 236. The molecule has 0 unspecified atom stereocenters. The van der Waals surface area contributed by atoms with E-state index < -0.39 is 5.97 Å². The molecule has 1 aromatic rings. The highest BCUT2D eigenvalue weighted by atomic mass is 16.3. The molecule has 0 radical (unpaired) electrons. The molecule has 0 heterocycles. The first-order valence-corrected chi connectivity index (χ1v) is 3.00. The normalized spacial score (nSPS) is 9.30. The lowest BCUT2D eigenvalue weighted by molar-refractivity contribution is 0.0697. The Morgan fingerprint density at radius 3 is 2.20 bits per heavy atom. The van der Waals surface area contributed by atoms with Gasteiger partial charge in [-0.05, 0) is 19.1 Å². The minimum atomic E-state index is -0.875. The number of hydrogen-bond acceptors (Lipinski definition) is 1. The molecule has 1 rings (SSSR count). The fourth-order valence-electron chi connectivity index (χ4n) is 0.696. The summed E-state index contributed by atoms with van der Waals surface area (Å²) in [5.41, 5.74) is 1.41. The zero-order valence-corrected chi connectivity index (χ0v) is 5.66. The molecule has 10 heavy (non-hydrogen) atoms. The highest BCUT2D eigenvalue weighted by molar-refractivity contribution is 5.87. The standard InChI is InChI=1S/C8H8O2/c1-6-2-4-7(5-3-6)8(9)10/h2-5H,1H3,(H,9,10)/i8-1. The summed E-state index contributed by atoms with van der Waals surface area (Å²) in [5.74, 6) is -0.875. The summed E-state index contributed by atoms with van der Waals surface area (Å²) in [7, 11) is 0. The van der Waals surface area contributed by atoms with Gasteiger partial charge in [0.15, 0.2) is 0 Å². The third kappa shape index (κ3) is 1.35. The topological polar surface area (TPSA) is 37.3 Å². The first-order valence-electron chi connectivity index (χ1n) is 3.00. The third-order valence-corrected chi connectivity index (χ3v) is 1.30. The van der Waals surface area contributed by atoms with Gasteiger partial charge in [0.25, 0.3) is 0 Å². The highest BCUT2D eigenvalue weighted by Crippen LogP contribution is 2.01. The first-order chi connectivity index (χ1) is 4.70. The summed E-state index contributed by atoms with van der Waals surface area (Å²) in [6.45, 7) is 1.92. The van der Waals surface area contributed by atoms with Crippen molar-refractivity contribution in [1.29, 1.82) is 0 Å². The molecule has 0 aliphatic heterocycles. The van der Waals surface area contributed by atoms with Gasteiger partial charge >= 0.3 is 5.97 Å². The smallest absolute Gasteiger partial charge is 0.335 e. The average Bonchev–Trinajstić information content (AvgIpc) is 1.88. The Labute approximate surface area is 59.1 Å². The zero-order valence-electron chi connectivity index (χ0n) is 5.66. The summed E-state index contributed by atoms with van der Waals surface area (Å²) >= 11 is 0. The summed E-state index contributed by atoms with van der Waals surface area (Å²) in [6.07, 6.45) is 0. The average molecular weight is 135 g/mol. The predicted octanol–water partition coefficient (Wildman–Crippen LogP) is 1.69. The number of aromatic carboxylic acids is 1. The Hall–Kier alpha value is -1.31. The van der Waals surface area contributed by atoms with Crippen molar-refractivity contribution >= 4 is 5.97 Å². The van der Waals surface area contributed by atoms with Crippen molar-refractivity contribution < 1.29 is 9.90 Å². The molecule has 2 heteroatoms. The fraction of sp³-hybridized carbons (Fsp3) is 0.125. The molecule has 1 aromatic carbocycles. The molecule has 0 amide bonds. The van der Waals surface area contributed by atoms with Gasteiger partial charge in [-0.15, -0.1) is 0 Å². The summed E-state index contributed by atoms with van der Waals surface area (Å²) in [4.78, 5) is 10.3. The van der Waals surface area contributed by atoms with Gasteiger partial charge in [-0.1, -0.05) is 17.7 Å². The molecule has 0 atom stereocenters. The van der Waals surface area contributed by atoms with E-state index in [0.717, 1.165) is 5.56 Å². The van der Waals surface area contributed by atoms with Crippen molar-refractivity contribution in [1.82, 2.24) is 0 Å². The lowest BCUT2D eigenvalue weighted by Crippen LogP contribution is -1.94. The summed E-state index contributed by atoms with van der Waals surface area (Å²) in [6, 6.07) is 6.75. The minimum Gasteiger partial charge on any atom is -0.478 e. The van der Waals surface area contributed by atoms with Gasteiger partial charge in [-0.2, -0.15) is 0 Å². The van der Waals surface area contributed by atoms with Crippen LogP contribution in [0.3, 0.4) is 0 Å². The number of carboxylic acids is 1. The quantitative estimate of drug-likeness (QED) is 0.636. The van der Waals surface area contributed by atoms with E-state index in [1.807, 2.05) is 6.92 Å². The van der Waals surface area contributed by atoms with Crippen molar-refractivity contribution in [2.75, 3.05) is 0 Å². The van der Waals surface area contributed by atoms with Gasteiger partial charge in [0.2, 0.25) is 0 Å². The second-order valence-electron chi connectivity index (χ2n) is 2.17. The number of rotatable bonds is 1. The molecular formula is C8H8O2. The van der Waals surface area contributed by atoms with Crippen LogP contribution in [0.25, 0.3) is 0 Å². The van der Waals surface area contributed by atoms with Crippen LogP contribution in [0.15, 0.2) is 24.3 Å². The lowest BCUT2D eigenvalue weighted by Gasteiger charge is -1.92. The molecule has 52 valence electrons. The van der Waals surface area contributed by atoms with Gasteiger partial charge in [0.05, 0.1) is 5.56 Å².